The molecular formula is C15H16N4O3. The molecule has 2 heterocycles. The molecule has 3 N–H and O–H groups in total. The highest BCUT2D eigenvalue weighted by molar-refractivity contribution is 5.90. The van der Waals surface area contributed by atoms with Gasteiger partial charge in [-0.05, 0) is 18.2 Å². The van der Waals surface area contributed by atoms with Crippen molar-refractivity contribution in [3.8, 4) is 11.5 Å². The van der Waals surface area contributed by atoms with Gasteiger partial charge in [0.1, 0.15) is 5.82 Å². The molecule has 22 heavy (non-hydrogen) atoms. The predicted molar refractivity (Wildman–Crippen MR) is 79.9 cm³/mol. The Morgan fingerprint density at radius 2 is 2.05 bits per heavy atom. The topological polar surface area (TPSA) is 99.4 Å². The van der Waals surface area contributed by atoms with Gasteiger partial charge in [-0.1, -0.05) is 12.1 Å². The van der Waals surface area contributed by atoms with E-state index >= 15 is 0 Å². The van der Waals surface area contributed by atoms with Crippen molar-refractivity contribution >= 4 is 11.7 Å². The SMILES string of the molecule is NC(=O)c1ccc(NCc2cccc3c2OCCCO3)nn1. The maximum absolute atomic E-state index is 11.0. The minimum atomic E-state index is -0.599. The third-order valence-electron chi connectivity index (χ3n) is 3.23. The van der Waals surface area contributed by atoms with E-state index in [1.54, 1.807) is 6.07 Å². The molecule has 114 valence electrons. The minimum absolute atomic E-state index is 0.135. The molecule has 0 aliphatic carbocycles. The van der Waals surface area contributed by atoms with Gasteiger partial charge < -0.3 is 20.5 Å². The molecule has 3 rings (SSSR count). The summed E-state index contributed by atoms with van der Waals surface area (Å²) in [6.07, 6.45) is 0.863. The van der Waals surface area contributed by atoms with E-state index in [9.17, 15) is 4.79 Å². The fourth-order valence-electron chi connectivity index (χ4n) is 2.14. The largest absolute Gasteiger partial charge is 0.490 e. The molecule has 1 aromatic carbocycles. The zero-order valence-corrected chi connectivity index (χ0v) is 11.9. The Labute approximate surface area is 127 Å². The second kappa shape index (κ2) is 6.30. The number of aromatic nitrogens is 2. The molecule has 1 amide bonds. The summed E-state index contributed by atoms with van der Waals surface area (Å²) in [5, 5.41) is 10.8. The van der Waals surface area contributed by atoms with E-state index in [0.717, 1.165) is 23.5 Å². The molecule has 0 fully saturated rings. The molecule has 0 radical (unpaired) electrons. The van der Waals surface area contributed by atoms with Crippen LogP contribution in [0, 0.1) is 0 Å². The van der Waals surface area contributed by atoms with Gasteiger partial charge >= 0.3 is 0 Å². The van der Waals surface area contributed by atoms with Crippen molar-refractivity contribution in [3.63, 3.8) is 0 Å². The summed E-state index contributed by atoms with van der Waals surface area (Å²) in [5.74, 6) is 1.47. The first-order valence-electron chi connectivity index (χ1n) is 6.99. The van der Waals surface area contributed by atoms with Crippen molar-refractivity contribution in [1.82, 2.24) is 10.2 Å². The normalized spacial score (nSPS) is 13.3. The van der Waals surface area contributed by atoms with E-state index in [4.69, 9.17) is 15.2 Å². The van der Waals surface area contributed by atoms with Gasteiger partial charge in [0, 0.05) is 18.5 Å². The fraction of sp³-hybridized carbons (Fsp3) is 0.267. The first kappa shape index (κ1) is 14.1. The van der Waals surface area contributed by atoms with Crippen LogP contribution in [0.1, 0.15) is 22.5 Å². The van der Waals surface area contributed by atoms with Gasteiger partial charge in [-0.3, -0.25) is 4.79 Å². The fourth-order valence-corrected chi connectivity index (χ4v) is 2.14. The van der Waals surface area contributed by atoms with Gasteiger partial charge in [0.25, 0.3) is 5.91 Å². The number of fused-ring (bicyclic) bond motifs is 1. The number of hydrogen-bond acceptors (Lipinski definition) is 6. The zero-order valence-electron chi connectivity index (χ0n) is 11.9. The summed E-state index contributed by atoms with van der Waals surface area (Å²) >= 11 is 0. The summed E-state index contributed by atoms with van der Waals surface area (Å²) in [5.41, 5.74) is 6.24. The number of anilines is 1. The molecule has 7 nitrogen and oxygen atoms in total. The Kier molecular flexibility index (Phi) is 4.04. The Hall–Kier alpha value is -2.83. The van der Waals surface area contributed by atoms with Crippen LogP contribution >= 0.6 is 0 Å². The summed E-state index contributed by atoms with van der Waals surface area (Å²) in [7, 11) is 0. The van der Waals surface area contributed by atoms with Gasteiger partial charge in [-0.25, -0.2) is 0 Å². The van der Waals surface area contributed by atoms with Crippen molar-refractivity contribution in [2.45, 2.75) is 13.0 Å². The number of nitrogens with two attached hydrogens (primary N) is 1. The van der Waals surface area contributed by atoms with Crippen LogP contribution < -0.4 is 20.5 Å². The number of nitrogens with zero attached hydrogens (tertiary/aromatic N) is 2. The van der Waals surface area contributed by atoms with Gasteiger partial charge in [-0.15, -0.1) is 10.2 Å². The van der Waals surface area contributed by atoms with E-state index in [1.807, 2.05) is 18.2 Å². The smallest absolute Gasteiger partial charge is 0.269 e. The minimum Gasteiger partial charge on any atom is -0.490 e. The van der Waals surface area contributed by atoms with Crippen LogP contribution in [0.3, 0.4) is 0 Å². The summed E-state index contributed by atoms with van der Waals surface area (Å²) in [6, 6.07) is 8.97. The van der Waals surface area contributed by atoms with E-state index in [0.29, 0.717) is 25.6 Å². The Balaban J connectivity index is 1.72. The summed E-state index contributed by atoms with van der Waals surface area (Å²) in [6.45, 7) is 1.80. The number of rotatable bonds is 4. The lowest BCUT2D eigenvalue weighted by atomic mass is 10.2. The molecule has 1 aliphatic rings. The van der Waals surface area contributed by atoms with E-state index in [-0.39, 0.29) is 5.69 Å². The lowest BCUT2D eigenvalue weighted by Gasteiger charge is -2.13. The highest BCUT2D eigenvalue weighted by atomic mass is 16.5. The third kappa shape index (κ3) is 3.08. The maximum Gasteiger partial charge on any atom is 0.269 e. The summed E-state index contributed by atoms with van der Waals surface area (Å²) < 4.78 is 11.4. The number of hydrogen-bond donors (Lipinski definition) is 2. The second-order valence-corrected chi connectivity index (χ2v) is 4.82. The van der Waals surface area contributed by atoms with Crippen LogP contribution in [-0.2, 0) is 6.54 Å². The van der Waals surface area contributed by atoms with E-state index in [1.165, 1.54) is 6.07 Å². The highest BCUT2D eigenvalue weighted by Crippen LogP contribution is 2.33. The van der Waals surface area contributed by atoms with Crippen molar-refractivity contribution in [1.29, 1.82) is 0 Å². The summed E-state index contributed by atoms with van der Waals surface area (Å²) in [4.78, 5) is 11.0. The van der Waals surface area contributed by atoms with Gasteiger partial charge in [-0.2, -0.15) is 0 Å². The van der Waals surface area contributed by atoms with Gasteiger partial charge in [0.05, 0.1) is 13.2 Å². The molecule has 2 aromatic rings. The number of para-hydroxylation sites is 1. The Morgan fingerprint density at radius 3 is 2.82 bits per heavy atom. The molecule has 0 unspecified atom stereocenters. The van der Waals surface area contributed by atoms with Gasteiger partial charge in [0.15, 0.2) is 17.2 Å². The van der Waals surface area contributed by atoms with Crippen molar-refractivity contribution in [2.75, 3.05) is 18.5 Å². The molecule has 7 heteroatoms. The first-order valence-corrected chi connectivity index (χ1v) is 6.99. The average Bonchev–Trinajstić information content (AvgIpc) is 2.79. The first-order chi connectivity index (χ1) is 10.7. The van der Waals surface area contributed by atoms with Gasteiger partial charge in [0.2, 0.25) is 0 Å². The second-order valence-electron chi connectivity index (χ2n) is 4.82. The Morgan fingerprint density at radius 1 is 1.18 bits per heavy atom. The molecule has 0 saturated heterocycles. The Bertz CT molecular complexity index is 673. The van der Waals surface area contributed by atoms with Crippen LogP contribution in [0.15, 0.2) is 30.3 Å². The van der Waals surface area contributed by atoms with Crippen molar-refractivity contribution in [2.24, 2.45) is 5.73 Å². The average molecular weight is 300 g/mol. The number of carbonyl (C=O) groups excluding carboxylic acids is 1. The van der Waals surface area contributed by atoms with Crippen LogP contribution in [-0.4, -0.2) is 29.3 Å². The number of benzene rings is 1. The van der Waals surface area contributed by atoms with Crippen molar-refractivity contribution in [3.05, 3.63) is 41.6 Å². The van der Waals surface area contributed by atoms with E-state index in [2.05, 4.69) is 15.5 Å². The van der Waals surface area contributed by atoms with Crippen LogP contribution in [0.25, 0.3) is 0 Å². The van der Waals surface area contributed by atoms with Crippen LogP contribution in [0.5, 0.6) is 11.5 Å². The standard InChI is InChI=1S/C15H16N4O3/c16-15(20)11-5-6-13(19-18-11)17-9-10-3-1-4-12-14(10)22-8-2-7-21-12/h1,3-6H,2,7-9H2,(H2,16,20)(H,17,19). The molecule has 0 atom stereocenters. The zero-order chi connectivity index (χ0) is 15.4. The number of primary amides is 1. The monoisotopic (exact) mass is 300 g/mol. The quantitative estimate of drug-likeness (QED) is 0.884. The molecule has 0 spiro atoms. The third-order valence-corrected chi connectivity index (χ3v) is 3.23. The van der Waals surface area contributed by atoms with Crippen molar-refractivity contribution < 1.29 is 14.3 Å². The lowest BCUT2D eigenvalue weighted by Crippen LogP contribution is -2.14. The van der Waals surface area contributed by atoms with Crippen LogP contribution in [0.4, 0.5) is 5.82 Å². The van der Waals surface area contributed by atoms with E-state index < -0.39 is 5.91 Å². The number of carbonyl (C=O) groups is 1. The molecule has 1 aliphatic heterocycles. The molecular weight excluding hydrogens is 284 g/mol. The number of ether oxygens (including phenoxy) is 2. The maximum atomic E-state index is 11.0. The molecule has 1 aromatic heterocycles. The lowest BCUT2D eigenvalue weighted by molar-refractivity contribution is 0.0994. The number of nitrogens with one attached hydrogen (secondary N) is 1. The number of amides is 1. The highest BCUT2D eigenvalue weighted by Gasteiger charge is 2.14. The molecule has 0 bridgehead atoms. The predicted octanol–water partition coefficient (Wildman–Crippen LogP) is 1.35. The van der Waals surface area contributed by atoms with Crippen LogP contribution in [0.2, 0.25) is 0 Å². The molecule has 0 saturated carbocycles.